The first-order chi connectivity index (χ1) is 5.77. The summed E-state index contributed by atoms with van der Waals surface area (Å²) in [7, 11) is 1.57. The van der Waals surface area contributed by atoms with E-state index in [2.05, 4.69) is 0 Å². The fourth-order valence-electron chi connectivity index (χ4n) is 0.996. The van der Waals surface area contributed by atoms with Crippen molar-refractivity contribution in [1.82, 2.24) is 0 Å². The molecule has 2 nitrogen and oxygen atoms in total. The quantitative estimate of drug-likeness (QED) is 0.673. The Balaban J connectivity index is 3.03. The number of halogens is 1. The lowest BCUT2D eigenvalue weighted by atomic mass is 10.1. The molecule has 3 heteroatoms. The van der Waals surface area contributed by atoms with E-state index >= 15 is 0 Å². The molecule has 0 spiro atoms. The summed E-state index contributed by atoms with van der Waals surface area (Å²) < 4.78 is 5.04. The molecule has 0 bridgehead atoms. The van der Waals surface area contributed by atoms with Crippen molar-refractivity contribution in [3.8, 4) is 5.75 Å². The van der Waals surface area contributed by atoms with E-state index in [0.29, 0.717) is 17.2 Å². The molecule has 0 fully saturated rings. The zero-order valence-corrected chi connectivity index (χ0v) is 7.47. The van der Waals surface area contributed by atoms with Gasteiger partial charge in [0.25, 0.3) is 0 Å². The fraction of sp³-hybridized carbons (Fsp3) is 0.222. The van der Waals surface area contributed by atoms with Crippen LogP contribution in [0.2, 0.25) is 5.02 Å². The maximum atomic E-state index is 10.3. The van der Waals surface area contributed by atoms with E-state index in [9.17, 15) is 4.79 Å². The monoisotopic (exact) mass is 184 g/mol. The minimum absolute atomic E-state index is 0.337. The van der Waals surface area contributed by atoms with Crippen LogP contribution in [0.3, 0.4) is 0 Å². The van der Waals surface area contributed by atoms with Gasteiger partial charge in [0.1, 0.15) is 12.0 Å². The van der Waals surface area contributed by atoms with Crippen LogP contribution in [-0.4, -0.2) is 13.4 Å². The van der Waals surface area contributed by atoms with Gasteiger partial charge in [0.2, 0.25) is 0 Å². The second-order valence-electron chi connectivity index (χ2n) is 2.33. The van der Waals surface area contributed by atoms with Gasteiger partial charge in [0.15, 0.2) is 0 Å². The number of benzene rings is 1. The second kappa shape index (κ2) is 4.12. The topological polar surface area (TPSA) is 26.3 Å². The lowest BCUT2D eigenvalue weighted by molar-refractivity contribution is -0.107. The summed E-state index contributed by atoms with van der Waals surface area (Å²) in [5, 5.41) is 0.618. The van der Waals surface area contributed by atoms with Crippen LogP contribution in [0, 0.1) is 0 Å². The normalized spacial score (nSPS) is 9.50. The molecule has 0 saturated carbocycles. The van der Waals surface area contributed by atoms with Gasteiger partial charge in [-0.3, -0.25) is 0 Å². The van der Waals surface area contributed by atoms with E-state index in [4.69, 9.17) is 16.3 Å². The zero-order valence-electron chi connectivity index (χ0n) is 6.71. The zero-order chi connectivity index (χ0) is 8.97. The third-order valence-corrected chi connectivity index (χ3v) is 1.78. The predicted molar refractivity (Wildman–Crippen MR) is 47.8 cm³/mol. The minimum Gasteiger partial charge on any atom is -0.496 e. The Morgan fingerprint density at radius 3 is 2.92 bits per heavy atom. The number of carbonyl (C=O) groups is 1. The molecule has 0 aliphatic rings. The molecule has 1 aromatic rings. The molecule has 0 aliphatic carbocycles. The summed E-state index contributed by atoms with van der Waals surface area (Å²) in [5.74, 6) is 0.700. The molecular formula is C9H9ClO2. The van der Waals surface area contributed by atoms with Crippen LogP contribution in [0.5, 0.6) is 5.75 Å². The number of hydrogen-bond acceptors (Lipinski definition) is 2. The number of aldehydes is 1. The molecule has 64 valence electrons. The number of methoxy groups -OCH3 is 1. The average molecular weight is 185 g/mol. The van der Waals surface area contributed by atoms with Gasteiger partial charge >= 0.3 is 0 Å². The van der Waals surface area contributed by atoms with Gasteiger partial charge < -0.3 is 9.53 Å². The molecule has 1 rings (SSSR count). The Morgan fingerprint density at radius 2 is 2.33 bits per heavy atom. The highest BCUT2D eigenvalue weighted by atomic mass is 35.5. The van der Waals surface area contributed by atoms with E-state index in [1.807, 2.05) is 0 Å². The van der Waals surface area contributed by atoms with E-state index in [0.717, 1.165) is 11.8 Å². The maximum Gasteiger partial charge on any atom is 0.124 e. The van der Waals surface area contributed by atoms with Crippen LogP contribution in [0.4, 0.5) is 0 Å². The van der Waals surface area contributed by atoms with Crippen LogP contribution in [0.25, 0.3) is 0 Å². The van der Waals surface area contributed by atoms with Crippen molar-refractivity contribution in [2.45, 2.75) is 6.42 Å². The Hall–Kier alpha value is -1.02. The summed E-state index contributed by atoms with van der Waals surface area (Å²) in [6.07, 6.45) is 1.16. The minimum atomic E-state index is 0.337. The van der Waals surface area contributed by atoms with E-state index in [-0.39, 0.29) is 0 Å². The summed E-state index contributed by atoms with van der Waals surface area (Å²) in [5.41, 5.74) is 0.819. The molecule has 0 amide bonds. The Labute approximate surface area is 76.1 Å². The Morgan fingerprint density at radius 1 is 1.58 bits per heavy atom. The van der Waals surface area contributed by atoms with Crippen LogP contribution in [0.15, 0.2) is 18.2 Å². The van der Waals surface area contributed by atoms with Crippen LogP contribution in [0.1, 0.15) is 5.56 Å². The van der Waals surface area contributed by atoms with Crippen molar-refractivity contribution in [2.24, 2.45) is 0 Å². The molecule has 0 aliphatic heterocycles. The van der Waals surface area contributed by atoms with Gasteiger partial charge in [0, 0.05) is 17.0 Å². The predicted octanol–water partition coefficient (Wildman–Crippen LogP) is 2.09. The summed E-state index contributed by atoms with van der Waals surface area (Å²) in [4.78, 5) is 10.3. The molecule has 0 N–H and O–H groups in total. The lowest BCUT2D eigenvalue weighted by Gasteiger charge is -2.05. The summed E-state index contributed by atoms with van der Waals surface area (Å²) in [6.45, 7) is 0. The van der Waals surface area contributed by atoms with Crippen LogP contribution < -0.4 is 4.74 Å². The van der Waals surface area contributed by atoms with Crippen molar-refractivity contribution in [2.75, 3.05) is 7.11 Å². The van der Waals surface area contributed by atoms with E-state index in [1.165, 1.54) is 0 Å². The van der Waals surface area contributed by atoms with Crippen molar-refractivity contribution < 1.29 is 9.53 Å². The highest BCUT2D eigenvalue weighted by molar-refractivity contribution is 6.30. The SMILES string of the molecule is COc1ccc(Cl)cc1CC=O. The van der Waals surface area contributed by atoms with Crippen molar-refractivity contribution in [3.05, 3.63) is 28.8 Å². The number of carbonyl (C=O) groups excluding carboxylic acids is 1. The molecular weight excluding hydrogens is 176 g/mol. The third-order valence-electron chi connectivity index (χ3n) is 1.55. The summed E-state index contributed by atoms with van der Waals surface area (Å²) >= 11 is 5.74. The Kier molecular flexibility index (Phi) is 3.11. The molecule has 0 radical (unpaired) electrons. The molecule has 0 heterocycles. The number of ether oxygens (including phenoxy) is 1. The van der Waals surface area contributed by atoms with Crippen molar-refractivity contribution in [3.63, 3.8) is 0 Å². The van der Waals surface area contributed by atoms with Gasteiger partial charge in [-0.15, -0.1) is 0 Å². The standard InChI is InChI=1S/C9H9ClO2/c1-12-9-3-2-8(10)6-7(9)4-5-11/h2-3,5-6H,4H2,1H3. The van der Waals surface area contributed by atoms with Crippen molar-refractivity contribution in [1.29, 1.82) is 0 Å². The van der Waals surface area contributed by atoms with Gasteiger partial charge in [-0.05, 0) is 18.2 Å². The number of hydrogen-bond donors (Lipinski definition) is 0. The first-order valence-electron chi connectivity index (χ1n) is 3.54. The van der Waals surface area contributed by atoms with E-state index < -0.39 is 0 Å². The van der Waals surface area contributed by atoms with Crippen LogP contribution >= 0.6 is 11.6 Å². The van der Waals surface area contributed by atoms with Gasteiger partial charge in [-0.2, -0.15) is 0 Å². The average Bonchev–Trinajstić information content (AvgIpc) is 2.05. The molecule has 1 aromatic carbocycles. The highest BCUT2D eigenvalue weighted by Gasteiger charge is 2.01. The fourth-order valence-corrected chi connectivity index (χ4v) is 1.19. The van der Waals surface area contributed by atoms with Gasteiger partial charge in [0.05, 0.1) is 7.11 Å². The van der Waals surface area contributed by atoms with Gasteiger partial charge in [-0.1, -0.05) is 11.6 Å². The van der Waals surface area contributed by atoms with Crippen LogP contribution in [-0.2, 0) is 11.2 Å². The lowest BCUT2D eigenvalue weighted by Crippen LogP contribution is -1.92. The molecule has 12 heavy (non-hydrogen) atoms. The largest absolute Gasteiger partial charge is 0.496 e. The maximum absolute atomic E-state index is 10.3. The molecule has 0 saturated heterocycles. The molecule has 0 atom stereocenters. The first kappa shape index (κ1) is 9.07. The molecule has 0 aromatic heterocycles. The van der Waals surface area contributed by atoms with Crippen molar-refractivity contribution >= 4 is 17.9 Å². The molecule has 0 unspecified atom stereocenters. The number of rotatable bonds is 3. The highest BCUT2D eigenvalue weighted by Crippen LogP contribution is 2.22. The van der Waals surface area contributed by atoms with Gasteiger partial charge in [-0.25, -0.2) is 0 Å². The third kappa shape index (κ3) is 1.98. The Bertz CT molecular complexity index is 284. The second-order valence-corrected chi connectivity index (χ2v) is 2.76. The van der Waals surface area contributed by atoms with E-state index in [1.54, 1.807) is 25.3 Å². The first-order valence-corrected chi connectivity index (χ1v) is 3.91. The smallest absolute Gasteiger partial charge is 0.124 e. The summed E-state index contributed by atoms with van der Waals surface area (Å²) in [6, 6.07) is 5.21.